The van der Waals surface area contributed by atoms with E-state index in [1.807, 2.05) is 32.0 Å². The normalized spacial score (nSPS) is 16.4. The number of nitrogens with zero attached hydrogens (tertiary/aromatic N) is 1. The third kappa shape index (κ3) is 4.65. The summed E-state index contributed by atoms with van der Waals surface area (Å²) in [4.78, 5) is 12.6. The van der Waals surface area contributed by atoms with Gasteiger partial charge in [0.05, 0.1) is 18.9 Å². The van der Waals surface area contributed by atoms with Crippen molar-refractivity contribution in [1.82, 2.24) is 10.5 Å². The number of hydrogen-bond donors (Lipinski definition) is 1. The summed E-state index contributed by atoms with van der Waals surface area (Å²) in [7, 11) is 1.60. The summed E-state index contributed by atoms with van der Waals surface area (Å²) in [5, 5.41) is 6.85. The van der Waals surface area contributed by atoms with E-state index in [-0.39, 0.29) is 17.9 Å². The number of carbonyl (C=O) groups excluding carboxylic acids is 1. The van der Waals surface area contributed by atoms with Gasteiger partial charge in [0, 0.05) is 19.1 Å². The molecular formula is C21H28N2O5. The van der Waals surface area contributed by atoms with Crippen LogP contribution in [0.3, 0.4) is 0 Å². The number of rotatable bonds is 8. The van der Waals surface area contributed by atoms with Crippen molar-refractivity contribution in [3.63, 3.8) is 0 Å². The molecule has 1 fully saturated rings. The van der Waals surface area contributed by atoms with E-state index in [1.165, 1.54) is 0 Å². The second-order valence-corrected chi connectivity index (χ2v) is 7.28. The molecule has 28 heavy (non-hydrogen) atoms. The highest BCUT2D eigenvalue weighted by Crippen LogP contribution is 2.29. The third-order valence-corrected chi connectivity index (χ3v) is 4.77. The van der Waals surface area contributed by atoms with Gasteiger partial charge in [0.1, 0.15) is 12.2 Å². The van der Waals surface area contributed by atoms with E-state index < -0.39 is 0 Å². The number of benzene rings is 1. The molecule has 1 N–H and O–H groups in total. The highest BCUT2D eigenvalue weighted by molar-refractivity contribution is 5.96. The lowest BCUT2D eigenvalue weighted by atomic mass is 10.0. The largest absolute Gasteiger partial charge is 0.493 e. The van der Waals surface area contributed by atoms with E-state index in [2.05, 4.69) is 10.5 Å². The molecule has 0 spiro atoms. The Morgan fingerprint density at radius 2 is 2.18 bits per heavy atom. The molecule has 1 saturated heterocycles. The van der Waals surface area contributed by atoms with Gasteiger partial charge in [-0.05, 0) is 37.5 Å². The molecule has 2 aromatic rings. The van der Waals surface area contributed by atoms with Crippen molar-refractivity contribution >= 4 is 5.91 Å². The van der Waals surface area contributed by atoms with Gasteiger partial charge >= 0.3 is 0 Å². The van der Waals surface area contributed by atoms with Crippen molar-refractivity contribution < 1.29 is 23.5 Å². The number of carbonyl (C=O) groups is 1. The molecule has 1 aromatic heterocycles. The average Bonchev–Trinajstić information content (AvgIpc) is 3.34. The summed E-state index contributed by atoms with van der Waals surface area (Å²) in [5.41, 5.74) is 2.02. The predicted octanol–water partition coefficient (Wildman–Crippen LogP) is 3.60. The molecule has 0 saturated carbocycles. The number of amides is 1. The highest BCUT2D eigenvalue weighted by atomic mass is 16.5. The highest BCUT2D eigenvalue weighted by Gasteiger charge is 2.22. The van der Waals surface area contributed by atoms with E-state index in [0.717, 1.165) is 25.0 Å². The number of aryl methyl sites for hydroxylation is 1. The maximum atomic E-state index is 12.6. The van der Waals surface area contributed by atoms with Crippen LogP contribution in [-0.2, 0) is 11.3 Å². The van der Waals surface area contributed by atoms with Crippen molar-refractivity contribution in [2.45, 2.75) is 52.2 Å². The summed E-state index contributed by atoms with van der Waals surface area (Å²) in [6.45, 7) is 7.38. The van der Waals surface area contributed by atoms with E-state index in [1.54, 1.807) is 14.0 Å². The molecule has 152 valence electrons. The van der Waals surface area contributed by atoms with Crippen LogP contribution in [0, 0.1) is 6.92 Å². The molecule has 7 heteroatoms. The van der Waals surface area contributed by atoms with Gasteiger partial charge in [0.2, 0.25) is 0 Å². The second kappa shape index (κ2) is 9.10. The van der Waals surface area contributed by atoms with Crippen LogP contribution in [0.1, 0.15) is 60.0 Å². The van der Waals surface area contributed by atoms with Crippen molar-refractivity contribution in [3.05, 3.63) is 40.8 Å². The third-order valence-electron chi connectivity index (χ3n) is 4.77. The van der Waals surface area contributed by atoms with Crippen LogP contribution in [0.15, 0.2) is 22.7 Å². The fourth-order valence-electron chi connectivity index (χ4n) is 3.23. The van der Waals surface area contributed by atoms with Crippen LogP contribution in [0.5, 0.6) is 11.5 Å². The SMILES string of the molecule is COc1cc(CNC(=O)c2c(C)noc2C(C)C)ccc1OCC1CCCO1. The van der Waals surface area contributed by atoms with Crippen molar-refractivity contribution in [1.29, 1.82) is 0 Å². The summed E-state index contributed by atoms with van der Waals surface area (Å²) in [6.07, 6.45) is 2.24. The minimum absolute atomic E-state index is 0.0855. The Morgan fingerprint density at radius 1 is 1.36 bits per heavy atom. The van der Waals surface area contributed by atoms with Gasteiger partial charge in [0.25, 0.3) is 5.91 Å². The molecule has 1 aliphatic heterocycles. The summed E-state index contributed by atoms with van der Waals surface area (Å²) >= 11 is 0. The molecule has 0 aliphatic carbocycles. The van der Waals surface area contributed by atoms with Gasteiger partial charge in [-0.2, -0.15) is 0 Å². The Morgan fingerprint density at radius 3 is 2.86 bits per heavy atom. The zero-order valence-corrected chi connectivity index (χ0v) is 16.9. The van der Waals surface area contributed by atoms with E-state index in [9.17, 15) is 4.79 Å². The lowest BCUT2D eigenvalue weighted by Gasteiger charge is -2.15. The fraction of sp³-hybridized carbons (Fsp3) is 0.524. The van der Waals surface area contributed by atoms with Gasteiger partial charge in [-0.15, -0.1) is 0 Å². The van der Waals surface area contributed by atoms with E-state index in [0.29, 0.717) is 41.7 Å². The van der Waals surface area contributed by atoms with Gasteiger partial charge in [-0.1, -0.05) is 25.1 Å². The van der Waals surface area contributed by atoms with Crippen LogP contribution in [-0.4, -0.2) is 37.5 Å². The van der Waals surface area contributed by atoms with E-state index in [4.69, 9.17) is 18.7 Å². The van der Waals surface area contributed by atoms with Crippen molar-refractivity contribution in [2.24, 2.45) is 0 Å². The Labute approximate surface area is 165 Å². The molecule has 7 nitrogen and oxygen atoms in total. The number of nitrogens with one attached hydrogen (secondary N) is 1. The standard InChI is InChI=1S/C21H28N2O5/c1-13(2)20-19(14(3)23-28-20)21(24)22-11-15-7-8-17(18(10-15)25-4)27-12-16-6-5-9-26-16/h7-8,10,13,16H,5-6,9,11-12H2,1-4H3,(H,22,24). The molecule has 2 heterocycles. The molecule has 1 unspecified atom stereocenters. The van der Waals surface area contributed by atoms with Crippen molar-refractivity contribution in [3.8, 4) is 11.5 Å². The second-order valence-electron chi connectivity index (χ2n) is 7.28. The van der Waals surface area contributed by atoms with Crippen LogP contribution < -0.4 is 14.8 Å². The Kier molecular flexibility index (Phi) is 6.57. The molecule has 1 aromatic carbocycles. The summed E-state index contributed by atoms with van der Waals surface area (Å²) in [5.74, 6) is 1.80. The molecule has 1 amide bonds. The Hall–Kier alpha value is -2.54. The summed E-state index contributed by atoms with van der Waals surface area (Å²) in [6, 6.07) is 5.64. The van der Waals surface area contributed by atoms with Crippen LogP contribution >= 0.6 is 0 Å². The van der Waals surface area contributed by atoms with Crippen LogP contribution in [0.4, 0.5) is 0 Å². The first-order valence-corrected chi connectivity index (χ1v) is 9.65. The first-order chi connectivity index (χ1) is 13.5. The number of hydrogen-bond acceptors (Lipinski definition) is 6. The van der Waals surface area contributed by atoms with Gasteiger partial charge in [0.15, 0.2) is 17.3 Å². The van der Waals surface area contributed by atoms with Gasteiger partial charge in [-0.3, -0.25) is 4.79 Å². The monoisotopic (exact) mass is 388 g/mol. The molecule has 1 atom stereocenters. The molecular weight excluding hydrogens is 360 g/mol. The molecule has 0 radical (unpaired) electrons. The predicted molar refractivity (Wildman–Crippen MR) is 104 cm³/mol. The number of ether oxygens (including phenoxy) is 3. The first-order valence-electron chi connectivity index (χ1n) is 9.65. The minimum atomic E-state index is -0.194. The lowest BCUT2D eigenvalue weighted by Crippen LogP contribution is -2.24. The Bertz CT molecular complexity index is 809. The zero-order valence-electron chi connectivity index (χ0n) is 16.9. The van der Waals surface area contributed by atoms with Crippen molar-refractivity contribution in [2.75, 3.05) is 20.3 Å². The average molecular weight is 388 g/mol. The number of aromatic nitrogens is 1. The maximum Gasteiger partial charge on any atom is 0.257 e. The van der Waals surface area contributed by atoms with Crippen LogP contribution in [0.25, 0.3) is 0 Å². The molecule has 0 bridgehead atoms. The maximum absolute atomic E-state index is 12.6. The zero-order chi connectivity index (χ0) is 20.1. The van der Waals surface area contributed by atoms with Crippen LogP contribution in [0.2, 0.25) is 0 Å². The van der Waals surface area contributed by atoms with Gasteiger partial charge in [-0.25, -0.2) is 0 Å². The van der Waals surface area contributed by atoms with E-state index >= 15 is 0 Å². The summed E-state index contributed by atoms with van der Waals surface area (Å²) < 4.78 is 22.2. The minimum Gasteiger partial charge on any atom is -0.493 e. The van der Waals surface area contributed by atoms with Gasteiger partial charge < -0.3 is 24.1 Å². The quantitative estimate of drug-likeness (QED) is 0.744. The first kappa shape index (κ1) is 20.2. The fourth-order valence-corrected chi connectivity index (χ4v) is 3.23. The Balaban J connectivity index is 1.63. The topological polar surface area (TPSA) is 82.8 Å². The molecule has 1 aliphatic rings. The lowest BCUT2D eigenvalue weighted by molar-refractivity contribution is 0.0669. The smallest absolute Gasteiger partial charge is 0.257 e. The number of methoxy groups -OCH3 is 1. The molecule has 3 rings (SSSR count).